The van der Waals surface area contributed by atoms with Crippen LogP contribution in [-0.4, -0.2) is 22.7 Å². The van der Waals surface area contributed by atoms with Gasteiger partial charge in [-0.15, -0.1) is 5.10 Å². The Labute approximate surface area is 167 Å². The van der Waals surface area contributed by atoms with E-state index >= 15 is 0 Å². The first kappa shape index (κ1) is 18.7. The molecular formula is C22H21N3O4. The highest BCUT2D eigenvalue weighted by atomic mass is 16.5. The summed E-state index contributed by atoms with van der Waals surface area (Å²) in [7, 11) is 0. The number of nitrogens with zero attached hydrogens (tertiary/aromatic N) is 2. The number of carbonyl (C=O) groups is 1. The molecule has 2 aromatic carbocycles. The number of amides is 1. The van der Waals surface area contributed by atoms with E-state index in [1.807, 2.05) is 57.2 Å². The first-order valence-electron chi connectivity index (χ1n) is 9.38. The maximum atomic E-state index is 12.3. The van der Waals surface area contributed by atoms with Crippen LogP contribution in [0.5, 0.6) is 5.75 Å². The zero-order chi connectivity index (χ0) is 20.4. The fourth-order valence-corrected chi connectivity index (χ4v) is 3.16. The van der Waals surface area contributed by atoms with Crippen molar-refractivity contribution in [2.75, 3.05) is 11.9 Å². The van der Waals surface area contributed by atoms with Gasteiger partial charge in [-0.2, -0.15) is 0 Å². The monoisotopic (exact) mass is 391 g/mol. The van der Waals surface area contributed by atoms with Crippen LogP contribution in [0.25, 0.3) is 22.6 Å². The van der Waals surface area contributed by atoms with Crippen molar-refractivity contribution in [1.29, 1.82) is 0 Å². The maximum Gasteiger partial charge on any atom is 0.322 e. The van der Waals surface area contributed by atoms with Crippen molar-refractivity contribution in [2.45, 2.75) is 27.2 Å². The zero-order valence-corrected chi connectivity index (χ0v) is 16.5. The summed E-state index contributed by atoms with van der Waals surface area (Å²) in [5, 5.41) is 11.4. The molecule has 0 bridgehead atoms. The summed E-state index contributed by atoms with van der Waals surface area (Å²) in [4.78, 5) is 12.3. The molecule has 7 heteroatoms. The van der Waals surface area contributed by atoms with Crippen molar-refractivity contribution in [1.82, 2.24) is 10.2 Å². The predicted molar refractivity (Wildman–Crippen MR) is 109 cm³/mol. The predicted octanol–water partition coefficient (Wildman–Crippen LogP) is 4.68. The Balaban J connectivity index is 1.50. The van der Waals surface area contributed by atoms with E-state index in [-0.39, 0.29) is 24.2 Å². The number of aromatic nitrogens is 2. The molecular weight excluding hydrogens is 370 g/mol. The first-order valence-corrected chi connectivity index (χ1v) is 9.38. The van der Waals surface area contributed by atoms with Gasteiger partial charge in [-0.3, -0.25) is 10.1 Å². The van der Waals surface area contributed by atoms with E-state index in [0.717, 1.165) is 22.1 Å². The lowest BCUT2D eigenvalue weighted by Gasteiger charge is -2.06. The quantitative estimate of drug-likeness (QED) is 0.513. The minimum absolute atomic E-state index is 0.0280. The normalized spacial score (nSPS) is 11.0. The van der Waals surface area contributed by atoms with Gasteiger partial charge >= 0.3 is 6.01 Å². The average molecular weight is 391 g/mol. The SMILES string of the molecule is CCOc1cccc2cc(-c3nnc(NC(=O)Cc4ccc(C)cc4C)o3)oc12. The third kappa shape index (κ3) is 3.99. The molecule has 0 atom stereocenters. The summed E-state index contributed by atoms with van der Waals surface area (Å²) in [6.45, 7) is 6.45. The molecule has 148 valence electrons. The number of benzene rings is 2. The summed E-state index contributed by atoms with van der Waals surface area (Å²) in [5.74, 6) is 1.02. The molecule has 0 aliphatic rings. The van der Waals surface area contributed by atoms with E-state index in [9.17, 15) is 4.79 Å². The Bertz CT molecular complexity index is 1180. The second kappa shape index (κ2) is 7.79. The topological polar surface area (TPSA) is 90.4 Å². The number of aryl methyl sites for hydroxylation is 2. The highest BCUT2D eigenvalue weighted by Crippen LogP contribution is 2.33. The van der Waals surface area contributed by atoms with Gasteiger partial charge in [0.1, 0.15) is 0 Å². The number of rotatable bonds is 6. The van der Waals surface area contributed by atoms with Crippen LogP contribution in [0.15, 0.2) is 51.3 Å². The molecule has 29 heavy (non-hydrogen) atoms. The molecule has 1 amide bonds. The fraction of sp³-hybridized carbons (Fsp3) is 0.227. The lowest BCUT2D eigenvalue weighted by molar-refractivity contribution is -0.115. The number of furan rings is 1. The number of anilines is 1. The second-order valence-electron chi connectivity index (χ2n) is 6.79. The van der Waals surface area contributed by atoms with Gasteiger partial charge in [0.15, 0.2) is 17.1 Å². The molecule has 0 saturated carbocycles. The molecule has 1 N–H and O–H groups in total. The Morgan fingerprint density at radius 3 is 2.76 bits per heavy atom. The van der Waals surface area contributed by atoms with Gasteiger partial charge in [0.05, 0.1) is 13.0 Å². The van der Waals surface area contributed by atoms with Crippen LogP contribution >= 0.6 is 0 Å². The zero-order valence-electron chi connectivity index (χ0n) is 16.5. The lowest BCUT2D eigenvalue weighted by Crippen LogP contribution is -2.15. The highest BCUT2D eigenvalue weighted by molar-refractivity contribution is 5.90. The summed E-state index contributed by atoms with van der Waals surface area (Å²) < 4.78 is 17.0. The van der Waals surface area contributed by atoms with Crippen molar-refractivity contribution in [3.63, 3.8) is 0 Å². The molecule has 0 spiro atoms. The number of hydrogen-bond acceptors (Lipinski definition) is 6. The number of nitrogens with one attached hydrogen (secondary N) is 1. The van der Waals surface area contributed by atoms with Gasteiger partial charge in [0, 0.05) is 5.39 Å². The summed E-state index contributed by atoms with van der Waals surface area (Å²) >= 11 is 0. The van der Waals surface area contributed by atoms with E-state index in [2.05, 4.69) is 15.5 Å². The number of carbonyl (C=O) groups excluding carboxylic acids is 1. The Hall–Kier alpha value is -3.61. The second-order valence-corrected chi connectivity index (χ2v) is 6.79. The van der Waals surface area contributed by atoms with Crippen LogP contribution in [0.2, 0.25) is 0 Å². The van der Waals surface area contributed by atoms with E-state index in [1.165, 1.54) is 0 Å². The van der Waals surface area contributed by atoms with Crippen molar-refractivity contribution in [2.24, 2.45) is 0 Å². The van der Waals surface area contributed by atoms with E-state index in [0.29, 0.717) is 23.7 Å². The third-order valence-corrected chi connectivity index (χ3v) is 4.54. The molecule has 4 rings (SSSR count). The van der Waals surface area contributed by atoms with Gasteiger partial charge in [-0.25, -0.2) is 0 Å². The minimum Gasteiger partial charge on any atom is -0.490 e. The van der Waals surface area contributed by atoms with Crippen LogP contribution in [0, 0.1) is 13.8 Å². The van der Waals surface area contributed by atoms with E-state index in [4.69, 9.17) is 13.6 Å². The lowest BCUT2D eigenvalue weighted by atomic mass is 10.0. The van der Waals surface area contributed by atoms with Crippen molar-refractivity contribution >= 4 is 22.9 Å². The molecule has 0 unspecified atom stereocenters. The summed E-state index contributed by atoms with van der Waals surface area (Å²) in [5.41, 5.74) is 3.79. The van der Waals surface area contributed by atoms with Crippen LogP contribution in [0.4, 0.5) is 6.01 Å². The Morgan fingerprint density at radius 1 is 1.10 bits per heavy atom. The van der Waals surface area contributed by atoms with Crippen LogP contribution in [0.1, 0.15) is 23.6 Å². The van der Waals surface area contributed by atoms with Crippen molar-refractivity contribution in [3.05, 3.63) is 59.2 Å². The van der Waals surface area contributed by atoms with Gasteiger partial charge < -0.3 is 13.6 Å². The molecule has 4 aromatic rings. The number of ether oxygens (including phenoxy) is 1. The molecule has 2 heterocycles. The molecule has 2 aromatic heterocycles. The molecule has 0 aliphatic heterocycles. The van der Waals surface area contributed by atoms with Crippen molar-refractivity contribution < 1.29 is 18.4 Å². The van der Waals surface area contributed by atoms with Gasteiger partial charge in [-0.1, -0.05) is 41.0 Å². The standard InChI is InChI=1S/C22H21N3O4/c1-4-27-17-7-5-6-16-11-18(28-20(16)17)21-24-25-22(29-21)23-19(26)12-15-9-8-13(2)10-14(15)3/h5-11H,4,12H2,1-3H3,(H,23,25,26). The third-order valence-electron chi connectivity index (χ3n) is 4.54. The maximum absolute atomic E-state index is 12.3. The van der Waals surface area contributed by atoms with Crippen LogP contribution in [-0.2, 0) is 11.2 Å². The van der Waals surface area contributed by atoms with Gasteiger partial charge in [-0.05, 0) is 44.0 Å². The molecule has 0 aliphatic carbocycles. The van der Waals surface area contributed by atoms with E-state index < -0.39 is 0 Å². The summed E-state index contributed by atoms with van der Waals surface area (Å²) in [6, 6.07) is 13.4. The van der Waals surface area contributed by atoms with Crippen LogP contribution < -0.4 is 10.1 Å². The highest BCUT2D eigenvalue weighted by Gasteiger charge is 2.17. The largest absolute Gasteiger partial charge is 0.490 e. The fourth-order valence-electron chi connectivity index (χ4n) is 3.16. The van der Waals surface area contributed by atoms with Gasteiger partial charge in [0.25, 0.3) is 5.89 Å². The first-order chi connectivity index (χ1) is 14.0. The van der Waals surface area contributed by atoms with E-state index in [1.54, 1.807) is 6.07 Å². The molecule has 0 fully saturated rings. The Morgan fingerprint density at radius 2 is 1.97 bits per heavy atom. The Kier molecular flexibility index (Phi) is 5.03. The molecule has 0 radical (unpaired) electrons. The summed E-state index contributed by atoms with van der Waals surface area (Å²) in [6.07, 6.45) is 0.228. The average Bonchev–Trinajstić information content (AvgIpc) is 3.31. The minimum atomic E-state index is -0.226. The van der Waals surface area contributed by atoms with Crippen LogP contribution in [0.3, 0.4) is 0 Å². The molecule has 7 nitrogen and oxygen atoms in total. The molecule has 0 saturated heterocycles. The number of hydrogen-bond donors (Lipinski definition) is 1. The van der Waals surface area contributed by atoms with Crippen molar-refractivity contribution in [3.8, 4) is 17.4 Å². The number of fused-ring (bicyclic) bond motifs is 1. The van der Waals surface area contributed by atoms with Gasteiger partial charge in [0.2, 0.25) is 5.91 Å². The number of para-hydroxylation sites is 1. The smallest absolute Gasteiger partial charge is 0.322 e.